The van der Waals surface area contributed by atoms with Gasteiger partial charge >= 0.3 is 8.80 Å². The second kappa shape index (κ2) is 13.6. The summed E-state index contributed by atoms with van der Waals surface area (Å²) < 4.78 is 18.5. The maximum absolute atomic E-state index is 5.82. The van der Waals surface area contributed by atoms with Crippen molar-refractivity contribution in [3.63, 3.8) is 0 Å². The summed E-state index contributed by atoms with van der Waals surface area (Å²) in [5.74, 6) is 0. The monoisotopic (exact) mass is 369 g/mol. The Balaban J connectivity index is 0. The van der Waals surface area contributed by atoms with E-state index in [0.717, 1.165) is 4.48 Å². The van der Waals surface area contributed by atoms with E-state index >= 15 is 0 Å². The molecule has 0 bridgehead atoms. The number of nitrogens with zero attached hydrogens (tertiary/aromatic N) is 1. The first kappa shape index (κ1) is 25.6. The van der Waals surface area contributed by atoms with Crippen LogP contribution in [-0.2, 0) is 13.3 Å². The van der Waals surface area contributed by atoms with Gasteiger partial charge in [0.25, 0.3) is 0 Å². The number of unbranched alkanes of at least 4 members (excludes halogenated alkanes) is 3. The first-order chi connectivity index (χ1) is 10.5. The molecular formula is C17H40ClNO3Si. The summed E-state index contributed by atoms with van der Waals surface area (Å²) in [5, 5.41) is 0. The Morgan fingerprint density at radius 2 is 1.04 bits per heavy atom. The average Bonchev–Trinajstić information content (AvgIpc) is 2.56. The molecular weight excluding hydrogens is 330 g/mol. The lowest BCUT2D eigenvalue weighted by Gasteiger charge is -2.47. The number of hydrogen-bond acceptors (Lipinski definition) is 3. The Morgan fingerprint density at radius 3 is 1.26 bits per heavy atom. The SMILES string of the molecule is CCCC[N+](CCCC)(CCCC)C(C)[Si](OC)(OC)OC.[Cl-]. The number of hydrogen-bond donors (Lipinski definition) is 0. The highest BCUT2D eigenvalue weighted by molar-refractivity contribution is 6.61. The molecule has 0 fully saturated rings. The third-order valence-electron chi connectivity index (χ3n) is 5.06. The van der Waals surface area contributed by atoms with E-state index in [2.05, 4.69) is 27.7 Å². The van der Waals surface area contributed by atoms with Gasteiger partial charge in [0.2, 0.25) is 0 Å². The fourth-order valence-electron chi connectivity index (χ4n) is 3.43. The van der Waals surface area contributed by atoms with Gasteiger partial charge in [0, 0.05) is 21.3 Å². The molecule has 0 heterocycles. The molecule has 0 amide bonds. The van der Waals surface area contributed by atoms with E-state index in [0.29, 0.717) is 0 Å². The lowest BCUT2D eigenvalue weighted by Crippen LogP contribution is -3.00. The lowest BCUT2D eigenvalue weighted by molar-refractivity contribution is -0.942. The molecule has 0 aromatic carbocycles. The normalized spacial score (nSPS) is 13.7. The van der Waals surface area contributed by atoms with Gasteiger partial charge in [0.15, 0.2) is 5.67 Å². The Kier molecular flexibility index (Phi) is 15.1. The molecule has 23 heavy (non-hydrogen) atoms. The van der Waals surface area contributed by atoms with E-state index in [1.54, 1.807) is 21.3 Å². The standard InChI is InChI=1S/C17H40NO3Si.ClH/c1-8-11-14-18(15-12-9-2,16-13-10-3)17(4)22(19-5,20-6)21-7;/h17H,8-16H2,1-7H3;1H/q+1;/p-1. The Morgan fingerprint density at radius 1 is 0.739 bits per heavy atom. The van der Waals surface area contributed by atoms with Crippen LogP contribution in [0.1, 0.15) is 66.2 Å². The molecule has 0 aromatic rings. The highest BCUT2D eigenvalue weighted by Crippen LogP contribution is 2.27. The fourth-order valence-corrected chi connectivity index (χ4v) is 6.01. The molecule has 0 aromatic heterocycles. The summed E-state index contributed by atoms with van der Waals surface area (Å²) in [6, 6.07) is 0. The minimum atomic E-state index is -2.63. The van der Waals surface area contributed by atoms with E-state index in [4.69, 9.17) is 13.3 Å². The van der Waals surface area contributed by atoms with Crippen LogP contribution in [0.5, 0.6) is 0 Å². The topological polar surface area (TPSA) is 27.7 Å². The van der Waals surface area contributed by atoms with E-state index in [1.807, 2.05) is 0 Å². The van der Waals surface area contributed by atoms with Gasteiger partial charge < -0.3 is 30.2 Å². The van der Waals surface area contributed by atoms with Gasteiger partial charge in [-0.1, -0.05) is 40.0 Å². The molecule has 0 rings (SSSR count). The summed E-state index contributed by atoms with van der Waals surface area (Å²) >= 11 is 0. The maximum atomic E-state index is 5.82. The molecule has 1 atom stereocenters. The molecule has 0 saturated carbocycles. The van der Waals surface area contributed by atoms with Crippen molar-refractivity contribution >= 4 is 8.80 Å². The van der Waals surface area contributed by atoms with Crippen LogP contribution in [0, 0.1) is 0 Å². The van der Waals surface area contributed by atoms with Gasteiger partial charge in [0.1, 0.15) is 0 Å². The van der Waals surface area contributed by atoms with E-state index in [1.165, 1.54) is 58.2 Å². The largest absolute Gasteiger partial charge is 1.00 e. The van der Waals surface area contributed by atoms with Gasteiger partial charge in [-0.2, -0.15) is 0 Å². The first-order valence-electron chi connectivity index (χ1n) is 9.03. The zero-order chi connectivity index (χ0) is 17.1. The van der Waals surface area contributed by atoms with Crippen LogP contribution in [0.3, 0.4) is 0 Å². The Labute approximate surface area is 152 Å². The van der Waals surface area contributed by atoms with Crippen molar-refractivity contribution in [3.8, 4) is 0 Å². The third-order valence-corrected chi connectivity index (χ3v) is 8.34. The maximum Gasteiger partial charge on any atom is 0.561 e. The van der Waals surface area contributed by atoms with Crippen LogP contribution in [0.15, 0.2) is 0 Å². The van der Waals surface area contributed by atoms with Crippen LogP contribution in [0.4, 0.5) is 0 Å². The number of quaternary nitrogens is 1. The van der Waals surface area contributed by atoms with Crippen LogP contribution in [0.25, 0.3) is 0 Å². The van der Waals surface area contributed by atoms with E-state index < -0.39 is 8.80 Å². The predicted molar refractivity (Wildman–Crippen MR) is 95.8 cm³/mol. The van der Waals surface area contributed by atoms with Gasteiger partial charge in [0.05, 0.1) is 19.6 Å². The van der Waals surface area contributed by atoms with Gasteiger partial charge in [-0.25, -0.2) is 0 Å². The highest BCUT2D eigenvalue weighted by Gasteiger charge is 2.55. The van der Waals surface area contributed by atoms with Gasteiger partial charge in [-0.05, 0) is 26.2 Å². The quantitative estimate of drug-likeness (QED) is 0.338. The summed E-state index contributed by atoms with van der Waals surface area (Å²) in [4.78, 5) is 0. The van der Waals surface area contributed by atoms with Crippen LogP contribution in [-0.4, -0.2) is 59.9 Å². The zero-order valence-corrected chi connectivity index (χ0v) is 18.2. The molecule has 142 valence electrons. The van der Waals surface area contributed by atoms with Crippen molar-refractivity contribution in [2.24, 2.45) is 0 Å². The van der Waals surface area contributed by atoms with E-state index in [-0.39, 0.29) is 18.1 Å². The molecule has 4 nitrogen and oxygen atoms in total. The molecule has 1 unspecified atom stereocenters. The van der Waals surface area contributed by atoms with Crippen LogP contribution >= 0.6 is 0 Å². The van der Waals surface area contributed by atoms with Crippen molar-refractivity contribution in [2.75, 3.05) is 41.0 Å². The fraction of sp³-hybridized carbons (Fsp3) is 1.00. The lowest BCUT2D eigenvalue weighted by atomic mass is 10.1. The first-order valence-corrected chi connectivity index (χ1v) is 10.8. The zero-order valence-electron chi connectivity index (χ0n) is 16.5. The molecule has 0 aliphatic heterocycles. The van der Waals surface area contributed by atoms with Gasteiger partial charge in [-0.15, -0.1) is 0 Å². The molecule has 0 spiro atoms. The summed E-state index contributed by atoms with van der Waals surface area (Å²) in [6.45, 7) is 12.7. The molecule has 0 radical (unpaired) electrons. The Bertz CT molecular complexity index is 249. The van der Waals surface area contributed by atoms with Crippen molar-refractivity contribution in [2.45, 2.75) is 71.9 Å². The second-order valence-corrected chi connectivity index (χ2v) is 9.61. The van der Waals surface area contributed by atoms with E-state index in [9.17, 15) is 0 Å². The number of halogens is 1. The number of rotatable bonds is 14. The molecule has 0 aliphatic rings. The van der Waals surface area contributed by atoms with Crippen LogP contribution < -0.4 is 12.4 Å². The van der Waals surface area contributed by atoms with Crippen molar-refractivity contribution < 1.29 is 30.2 Å². The molecule has 0 saturated heterocycles. The second-order valence-electron chi connectivity index (χ2n) is 6.34. The van der Waals surface area contributed by atoms with Crippen molar-refractivity contribution in [1.29, 1.82) is 0 Å². The molecule has 0 N–H and O–H groups in total. The third kappa shape index (κ3) is 7.00. The minimum absolute atomic E-state index is 0. The predicted octanol–water partition coefficient (Wildman–Crippen LogP) is 1.01. The minimum Gasteiger partial charge on any atom is -1.00 e. The average molecular weight is 370 g/mol. The molecule has 6 heteroatoms. The summed E-state index contributed by atoms with van der Waals surface area (Å²) in [7, 11) is 2.59. The molecule has 0 aliphatic carbocycles. The van der Waals surface area contributed by atoms with Crippen molar-refractivity contribution in [1.82, 2.24) is 0 Å². The summed E-state index contributed by atoms with van der Waals surface area (Å²) in [6.07, 6.45) is 7.43. The Hall–Kier alpha value is 0.347. The van der Waals surface area contributed by atoms with Crippen LogP contribution in [0.2, 0.25) is 0 Å². The highest BCUT2D eigenvalue weighted by atomic mass is 35.5. The summed E-state index contributed by atoms with van der Waals surface area (Å²) in [5.41, 5.74) is 0.275. The van der Waals surface area contributed by atoms with Gasteiger partial charge in [-0.3, -0.25) is 0 Å². The smallest absolute Gasteiger partial charge is 0.561 e. The van der Waals surface area contributed by atoms with Crippen molar-refractivity contribution in [3.05, 3.63) is 0 Å².